The molecule has 1 heterocycles. The van der Waals surface area contributed by atoms with Crippen molar-refractivity contribution in [2.45, 2.75) is 37.6 Å². The second-order valence-electron chi connectivity index (χ2n) is 6.68. The second kappa shape index (κ2) is 9.95. The first-order chi connectivity index (χ1) is 12.1. The van der Waals surface area contributed by atoms with Crippen molar-refractivity contribution in [3.05, 3.63) is 39.4 Å². The Labute approximate surface area is 170 Å². The van der Waals surface area contributed by atoms with Gasteiger partial charge in [-0.1, -0.05) is 36.0 Å². The van der Waals surface area contributed by atoms with Crippen molar-refractivity contribution < 1.29 is 14.6 Å². The third kappa shape index (κ3) is 5.14. The molecule has 7 heteroatoms. The van der Waals surface area contributed by atoms with Gasteiger partial charge >= 0.3 is 5.97 Å². The highest BCUT2D eigenvalue weighted by Crippen LogP contribution is 2.42. The van der Waals surface area contributed by atoms with E-state index in [0.29, 0.717) is 22.0 Å². The molecular weight excluding hydrogens is 397 g/mol. The summed E-state index contributed by atoms with van der Waals surface area (Å²) in [6.45, 7) is 3.45. The summed E-state index contributed by atoms with van der Waals surface area (Å²) in [6, 6.07) is 4.15. The molecule has 1 aliphatic carbocycles. The van der Waals surface area contributed by atoms with E-state index in [1.807, 2.05) is 6.07 Å². The molecule has 0 amide bonds. The highest BCUT2D eigenvalue weighted by Gasteiger charge is 2.33. The Hall–Kier alpha value is -0.780. The Balaban J connectivity index is 0.00000243. The zero-order chi connectivity index (χ0) is 17.8. The van der Waals surface area contributed by atoms with Crippen LogP contribution in [0.15, 0.2) is 18.2 Å². The van der Waals surface area contributed by atoms with Crippen LogP contribution in [0.2, 0.25) is 10.0 Å². The SMILES string of the molecule is Cl.O=C(O)C=Cc1cc(Cl)c(Cl)c(C2CCCCC2N2CCOCC2)c1. The number of halogens is 3. The molecule has 0 spiro atoms. The summed E-state index contributed by atoms with van der Waals surface area (Å²) in [6.07, 6.45) is 7.32. The molecule has 26 heavy (non-hydrogen) atoms. The Morgan fingerprint density at radius 3 is 2.58 bits per heavy atom. The lowest BCUT2D eigenvalue weighted by atomic mass is 9.78. The van der Waals surface area contributed by atoms with Gasteiger partial charge in [-0.3, -0.25) is 4.90 Å². The molecule has 1 aliphatic heterocycles. The topological polar surface area (TPSA) is 49.8 Å². The van der Waals surface area contributed by atoms with Gasteiger partial charge in [0.2, 0.25) is 0 Å². The zero-order valence-corrected chi connectivity index (χ0v) is 16.8. The molecule has 0 bridgehead atoms. The van der Waals surface area contributed by atoms with Gasteiger partial charge in [0.05, 0.1) is 23.3 Å². The molecule has 2 aliphatic rings. The Morgan fingerprint density at radius 2 is 1.88 bits per heavy atom. The fourth-order valence-electron chi connectivity index (χ4n) is 3.99. The third-order valence-corrected chi connectivity index (χ3v) is 5.96. The largest absolute Gasteiger partial charge is 0.478 e. The normalized spacial score (nSPS) is 24.4. The van der Waals surface area contributed by atoms with E-state index >= 15 is 0 Å². The van der Waals surface area contributed by atoms with Gasteiger partial charge in [0.1, 0.15) is 0 Å². The number of aliphatic carboxylic acids is 1. The van der Waals surface area contributed by atoms with Crippen LogP contribution in [0.3, 0.4) is 0 Å². The molecule has 2 fully saturated rings. The van der Waals surface area contributed by atoms with Gasteiger partial charge in [-0.15, -0.1) is 12.4 Å². The molecule has 1 aromatic rings. The first-order valence-corrected chi connectivity index (χ1v) is 9.53. The summed E-state index contributed by atoms with van der Waals surface area (Å²) in [5.41, 5.74) is 1.81. The number of nitrogens with zero attached hydrogens (tertiary/aromatic N) is 1. The van der Waals surface area contributed by atoms with Gasteiger partial charge in [0.15, 0.2) is 0 Å². The maximum Gasteiger partial charge on any atom is 0.328 e. The standard InChI is InChI=1S/C19H23Cl2NO3.ClH/c20-16-12-13(5-6-18(23)24)11-15(19(16)21)14-3-1-2-4-17(14)22-7-9-25-10-8-22;/h5-6,11-12,14,17H,1-4,7-10H2,(H,23,24);1H. The molecule has 0 radical (unpaired) electrons. The van der Waals surface area contributed by atoms with Gasteiger partial charge < -0.3 is 9.84 Å². The lowest BCUT2D eigenvalue weighted by Gasteiger charge is -2.42. The molecule has 0 aromatic heterocycles. The Kier molecular flexibility index (Phi) is 8.24. The van der Waals surface area contributed by atoms with Crippen LogP contribution in [0.4, 0.5) is 0 Å². The number of carboxylic acid groups (broad SMARTS) is 1. The van der Waals surface area contributed by atoms with Crippen molar-refractivity contribution in [2.24, 2.45) is 0 Å². The minimum Gasteiger partial charge on any atom is -0.478 e. The predicted octanol–water partition coefficient (Wildman–Crippen LogP) is 4.87. The van der Waals surface area contributed by atoms with E-state index in [1.54, 1.807) is 12.1 Å². The fourth-order valence-corrected chi connectivity index (χ4v) is 4.47. The quantitative estimate of drug-likeness (QED) is 0.706. The van der Waals surface area contributed by atoms with E-state index in [9.17, 15) is 4.79 Å². The molecule has 1 saturated heterocycles. The van der Waals surface area contributed by atoms with Crippen LogP contribution in [0, 0.1) is 0 Å². The molecular formula is C19H24Cl3NO3. The number of hydrogen-bond acceptors (Lipinski definition) is 3. The highest BCUT2D eigenvalue weighted by atomic mass is 35.5. The van der Waals surface area contributed by atoms with Gasteiger partial charge in [-0.25, -0.2) is 4.79 Å². The van der Waals surface area contributed by atoms with Crippen molar-refractivity contribution >= 4 is 47.7 Å². The molecule has 1 N–H and O–H groups in total. The third-order valence-electron chi connectivity index (χ3n) is 5.14. The molecule has 2 atom stereocenters. The zero-order valence-electron chi connectivity index (χ0n) is 14.5. The van der Waals surface area contributed by atoms with Crippen LogP contribution in [-0.4, -0.2) is 48.3 Å². The van der Waals surface area contributed by atoms with E-state index in [1.165, 1.54) is 12.8 Å². The summed E-state index contributed by atoms with van der Waals surface area (Å²) in [7, 11) is 0. The van der Waals surface area contributed by atoms with E-state index in [4.69, 9.17) is 33.0 Å². The van der Waals surface area contributed by atoms with Gasteiger partial charge in [0, 0.05) is 31.1 Å². The number of carbonyl (C=O) groups is 1. The average Bonchev–Trinajstić information content (AvgIpc) is 2.63. The molecule has 3 rings (SSSR count). The minimum atomic E-state index is -0.975. The van der Waals surface area contributed by atoms with E-state index < -0.39 is 5.97 Å². The van der Waals surface area contributed by atoms with Gasteiger partial charge in [-0.2, -0.15) is 0 Å². The van der Waals surface area contributed by atoms with Crippen molar-refractivity contribution in [2.75, 3.05) is 26.3 Å². The Morgan fingerprint density at radius 1 is 1.19 bits per heavy atom. The average molecular weight is 421 g/mol. The molecule has 2 unspecified atom stereocenters. The lowest BCUT2D eigenvalue weighted by Crippen LogP contribution is -2.47. The number of rotatable bonds is 4. The van der Waals surface area contributed by atoms with Crippen LogP contribution < -0.4 is 0 Å². The van der Waals surface area contributed by atoms with Crippen LogP contribution in [0.5, 0.6) is 0 Å². The monoisotopic (exact) mass is 419 g/mol. The molecule has 1 aromatic carbocycles. The molecule has 144 valence electrons. The van der Waals surface area contributed by atoms with Crippen LogP contribution >= 0.6 is 35.6 Å². The number of ether oxygens (including phenoxy) is 1. The summed E-state index contributed by atoms with van der Waals surface area (Å²) in [4.78, 5) is 13.3. The number of benzene rings is 1. The minimum absolute atomic E-state index is 0. The van der Waals surface area contributed by atoms with Gasteiger partial charge in [0.25, 0.3) is 0 Å². The number of morpholine rings is 1. The van der Waals surface area contributed by atoms with Crippen molar-refractivity contribution in [3.8, 4) is 0 Å². The fraction of sp³-hybridized carbons (Fsp3) is 0.526. The predicted molar refractivity (Wildman–Crippen MR) is 108 cm³/mol. The number of hydrogen-bond donors (Lipinski definition) is 1. The van der Waals surface area contributed by atoms with E-state index in [0.717, 1.165) is 56.3 Å². The molecule has 1 saturated carbocycles. The van der Waals surface area contributed by atoms with Crippen LogP contribution in [0.1, 0.15) is 42.7 Å². The van der Waals surface area contributed by atoms with Crippen LogP contribution in [-0.2, 0) is 9.53 Å². The van der Waals surface area contributed by atoms with E-state index in [2.05, 4.69) is 4.90 Å². The maximum absolute atomic E-state index is 10.8. The van der Waals surface area contributed by atoms with Crippen LogP contribution in [0.25, 0.3) is 6.08 Å². The smallest absolute Gasteiger partial charge is 0.328 e. The Bertz CT molecular complexity index is 660. The summed E-state index contributed by atoms with van der Waals surface area (Å²) in [5, 5.41) is 9.94. The maximum atomic E-state index is 10.8. The highest BCUT2D eigenvalue weighted by molar-refractivity contribution is 6.42. The van der Waals surface area contributed by atoms with Crippen molar-refractivity contribution in [1.82, 2.24) is 4.90 Å². The van der Waals surface area contributed by atoms with Crippen molar-refractivity contribution in [3.63, 3.8) is 0 Å². The summed E-state index contributed by atoms with van der Waals surface area (Å²) < 4.78 is 5.49. The molecule has 4 nitrogen and oxygen atoms in total. The van der Waals surface area contributed by atoms with Crippen molar-refractivity contribution in [1.29, 1.82) is 0 Å². The van der Waals surface area contributed by atoms with E-state index in [-0.39, 0.29) is 12.4 Å². The second-order valence-corrected chi connectivity index (χ2v) is 7.47. The summed E-state index contributed by atoms with van der Waals surface area (Å²) >= 11 is 12.9. The van der Waals surface area contributed by atoms with Gasteiger partial charge in [-0.05, 0) is 42.2 Å². The first-order valence-electron chi connectivity index (χ1n) is 8.78. The summed E-state index contributed by atoms with van der Waals surface area (Å²) in [5.74, 6) is -0.661. The lowest BCUT2D eigenvalue weighted by molar-refractivity contribution is -0.131. The first kappa shape index (κ1) is 21.5. The number of carboxylic acids is 1.